The summed E-state index contributed by atoms with van der Waals surface area (Å²) in [5.74, 6) is -1.14. The molecule has 0 aliphatic carbocycles. The maximum Gasteiger partial charge on any atom is 0.339 e. The third-order valence-corrected chi connectivity index (χ3v) is 3.60. The highest BCUT2D eigenvalue weighted by atomic mass is 16.6. The van der Waals surface area contributed by atoms with Gasteiger partial charge in [-0.25, -0.2) is 4.79 Å². The molecule has 25 heavy (non-hydrogen) atoms. The Hall–Kier alpha value is -3.22. The number of ketones is 1. The van der Waals surface area contributed by atoms with Gasteiger partial charge in [0, 0.05) is 11.6 Å². The third kappa shape index (κ3) is 4.20. The lowest BCUT2D eigenvalue weighted by atomic mass is 10.1. The Morgan fingerprint density at radius 2 is 1.68 bits per heavy atom. The number of hydrogen-bond donors (Lipinski definition) is 0. The predicted octanol–water partition coefficient (Wildman–Crippen LogP) is 3.34. The van der Waals surface area contributed by atoms with Crippen LogP contribution in [0.5, 0.6) is 5.75 Å². The van der Waals surface area contributed by atoms with Crippen LogP contribution < -0.4 is 4.74 Å². The van der Waals surface area contributed by atoms with E-state index >= 15 is 0 Å². The van der Waals surface area contributed by atoms with Gasteiger partial charge < -0.3 is 9.47 Å². The molecule has 2 rings (SSSR count). The van der Waals surface area contributed by atoms with Gasteiger partial charge in [0.25, 0.3) is 0 Å². The first-order chi connectivity index (χ1) is 11.8. The number of methoxy groups -OCH3 is 1. The molecule has 0 heterocycles. The van der Waals surface area contributed by atoms with Crippen LogP contribution in [0.4, 0.5) is 5.69 Å². The Kier molecular flexibility index (Phi) is 5.49. The number of nitrogens with zero attached hydrogens (tertiary/aromatic N) is 1. The minimum atomic E-state index is -1.02. The van der Waals surface area contributed by atoms with Crippen molar-refractivity contribution >= 4 is 17.4 Å². The normalized spacial score (nSPS) is 11.5. The highest BCUT2D eigenvalue weighted by molar-refractivity contribution is 6.01. The van der Waals surface area contributed by atoms with Gasteiger partial charge in [0.1, 0.15) is 0 Å². The molecule has 0 amide bonds. The van der Waals surface area contributed by atoms with Crippen LogP contribution in [-0.4, -0.2) is 29.9 Å². The number of ether oxygens (including phenoxy) is 2. The maximum absolute atomic E-state index is 12.3. The summed E-state index contributed by atoms with van der Waals surface area (Å²) in [7, 11) is 1.29. The number of rotatable bonds is 6. The Balaban J connectivity index is 2.15. The number of hydrogen-bond acceptors (Lipinski definition) is 6. The van der Waals surface area contributed by atoms with Crippen molar-refractivity contribution in [2.75, 3.05) is 7.11 Å². The van der Waals surface area contributed by atoms with Gasteiger partial charge in [-0.15, -0.1) is 0 Å². The number of carbonyl (C=O) groups is 2. The van der Waals surface area contributed by atoms with Crippen LogP contribution in [0.1, 0.15) is 33.2 Å². The monoisotopic (exact) mass is 343 g/mol. The van der Waals surface area contributed by atoms with Crippen molar-refractivity contribution in [2.45, 2.75) is 20.0 Å². The Bertz CT molecular complexity index is 813. The van der Waals surface area contributed by atoms with E-state index in [1.165, 1.54) is 26.2 Å². The fraction of sp³-hybridized carbons (Fsp3) is 0.222. The summed E-state index contributed by atoms with van der Waals surface area (Å²) in [6.45, 7) is 3.35. The molecule has 0 aromatic heterocycles. The van der Waals surface area contributed by atoms with Crippen LogP contribution >= 0.6 is 0 Å². The molecule has 2 aromatic rings. The van der Waals surface area contributed by atoms with Crippen LogP contribution in [0.15, 0.2) is 42.5 Å². The van der Waals surface area contributed by atoms with E-state index in [1.54, 1.807) is 24.3 Å². The lowest BCUT2D eigenvalue weighted by molar-refractivity contribution is -0.385. The molecule has 7 heteroatoms. The number of nitro groups is 1. The highest BCUT2D eigenvalue weighted by Gasteiger charge is 2.23. The van der Waals surface area contributed by atoms with E-state index in [9.17, 15) is 19.7 Å². The third-order valence-electron chi connectivity index (χ3n) is 3.60. The second-order valence-electron chi connectivity index (χ2n) is 5.42. The summed E-state index contributed by atoms with van der Waals surface area (Å²) >= 11 is 0. The van der Waals surface area contributed by atoms with Crippen molar-refractivity contribution in [3.8, 4) is 5.75 Å². The number of nitro benzene ring substituents is 1. The average molecular weight is 343 g/mol. The van der Waals surface area contributed by atoms with E-state index in [2.05, 4.69) is 0 Å². The molecule has 0 saturated carbocycles. The summed E-state index contributed by atoms with van der Waals surface area (Å²) in [5.41, 5.74) is 1.05. The molecule has 0 spiro atoms. The number of aryl methyl sites for hydroxylation is 1. The largest absolute Gasteiger partial charge is 0.490 e. The molecule has 2 aromatic carbocycles. The SMILES string of the molecule is COc1ccc(C(=O)O[C@@H](C)C(=O)c2ccc(C)cc2)cc1[N+](=O)[O-]. The van der Waals surface area contributed by atoms with E-state index in [0.29, 0.717) is 5.56 Å². The van der Waals surface area contributed by atoms with Crippen molar-refractivity contribution in [3.63, 3.8) is 0 Å². The fourth-order valence-corrected chi connectivity index (χ4v) is 2.19. The van der Waals surface area contributed by atoms with Crippen molar-refractivity contribution in [1.82, 2.24) is 0 Å². The molecule has 0 unspecified atom stereocenters. The Morgan fingerprint density at radius 1 is 1.08 bits per heavy atom. The molecule has 1 atom stereocenters. The van der Waals surface area contributed by atoms with E-state index < -0.39 is 17.0 Å². The van der Waals surface area contributed by atoms with Crippen molar-refractivity contribution < 1.29 is 24.0 Å². The summed E-state index contributed by atoms with van der Waals surface area (Å²) < 4.78 is 10.0. The first-order valence-corrected chi connectivity index (χ1v) is 7.47. The fourth-order valence-electron chi connectivity index (χ4n) is 2.19. The molecule has 0 radical (unpaired) electrons. The molecule has 0 bridgehead atoms. The van der Waals surface area contributed by atoms with E-state index in [0.717, 1.165) is 11.6 Å². The highest BCUT2D eigenvalue weighted by Crippen LogP contribution is 2.28. The zero-order valence-corrected chi connectivity index (χ0v) is 14.0. The van der Waals surface area contributed by atoms with Crippen molar-refractivity contribution in [1.29, 1.82) is 0 Å². The second kappa shape index (κ2) is 7.57. The molecule has 130 valence electrons. The minimum absolute atomic E-state index is 0.0314. The molecule has 0 N–H and O–H groups in total. The van der Waals surface area contributed by atoms with Crippen molar-refractivity contribution in [3.05, 3.63) is 69.3 Å². The minimum Gasteiger partial charge on any atom is -0.490 e. The molecule has 0 saturated heterocycles. The van der Waals surface area contributed by atoms with Crippen LogP contribution in [-0.2, 0) is 4.74 Å². The van der Waals surface area contributed by atoms with Gasteiger partial charge >= 0.3 is 11.7 Å². The van der Waals surface area contributed by atoms with Gasteiger partial charge in [0.05, 0.1) is 17.6 Å². The lowest BCUT2D eigenvalue weighted by Gasteiger charge is -2.13. The topological polar surface area (TPSA) is 95.7 Å². The van der Waals surface area contributed by atoms with Gasteiger partial charge in [0.15, 0.2) is 11.9 Å². The number of Topliss-reactive ketones (excluding diaryl/α,β-unsaturated/α-hetero) is 1. The first-order valence-electron chi connectivity index (χ1n) is 7.47. The predicted molar refractivity (Wildman–Crippen MR) is 90.0 cm³/mol. The average Bonchev–Trinajstić information content (AvgIpc) is 2.60. The molecular weight excluding hydrogens is 326 g/mol. The smallest absolute Gasteiger partial charge is 0.339 e. The zero-order valence-electron chi connectivity index (χ0n) is 14.0. The summed E-state index contributed by atoms with van der Waals surface area (Å²) in [4.78, 5) is 34.8. The molecular formula is C18H17NO6. The number of carbonyl (C=O) groups excluding carboxylic acids is 2. The van der Waals surface area contributed by atoms with Crippen molar-refractivity contribution in [2.24, 2.45) is 0 Å². The summed E-state index contributed by atoms with van der Waals surface area (Å²) in [5, 5.41) is 11.0. The van der Waals surface area contributed by atoms with E-state index in [1.807, 2.05) is 6.92 Å². The van der Waals surface area contributed by atoms with Gasteiger partial charge in [-0.2, -0.15) is 0 Å². The van der Waals surface area contributed by atoms with Gasteiger partial charge in [-0.1, -0.05) is 29.8 Å². The van der Waals surface area contributed by atoms with E-state index in [4.69, 9.17) is 9.47 Å². The Morgan fingerprint density at radius 3 is 2.24 bits per heavy atom. The molecule has 7 nitrogen and oxygen atoms in total. The summed E-state index contributed by atoms with van der Waals surface area (Å²) in [6, 6.07) is 10.6. The van der Waals surface area contributed by atoms with E-state index in [-0.39, 0.29) is 22.8 Å². The lowest BCUT2D eigenvalue weighted by Crippen LogP contribution is -2.24. The van der Waals surface area contributed by atoms with Crippen LogP contribution in [0.25, 0.3) is 0 Å². The van der Waals surface area contributed by atoms with Crippen LogP contribution in [0, 0.1) is 17.0 Å². The maximum atomic E-state index is 12.3. The molecule has 0 aliphatic heterocycles. The second-order valence-corrected chi connectivity index (χ2v) is 5.42. The van der Waals surface area contributed by atoms with Gasteiger partial charge in [0.2, 0.25) is 5.78 Å². The van der Waals surface area contributed by atoms with Crippen LogP contribution in [0.2, 0.25) is 0 Å². The molecule has 0 aliphatic rings. The zero-order chi connectivity index (χ0) is 18.6. The first kappa shape index (κ1) is 18.1. The molecule has 0 fully saturated rings. The number of esters is 1. The Labute approximate surface area is 144 Å². The van der Waals surface area contributed by atoms with Gasteiger partial charge in [-0.3, -0.25) is 14.9 Å². The quantitative estimate of drug-likeness (QED) is 0.345. The van der Waals surface area contributed by atoms with Gasteiger partial charge in [-0.05, 0) is 26.0 Å². The standard InChI is InChI=1S/C18H17NO6/c1-11-4-6-13(7-5-11)17(20)12(2)25-18(21)14-8-9-16(24-3)15(10-14)19(22)23/h4-10,12H,1-3H3/t12-/m0/s1. The van der Waals surface area contributed by atoms with Crippen LogP contribution in [0.3, 0.4) is 0 Å². The number of benzene rings is 2. The summed E-state index contributed by atoms with van der Waals surface area (Å²) in [6.07, 6.45) is -1.02.